The van der Waals surface area contributed by atoms with E-state index in [1.807, 2.05) is 54.6 Å². The highest BCUT2D eigenvalue weighted by molar-refractivity contribution is 6.24. The van der Waals surface area contributed by atoms with Crippen LogP contribution in [0.15, 0.2) is 170 Å². The highest BCUT2D eigenvalue weighted by Gasteiger charge is 2.26. The smallest absolute Gasteiger partial charge is 0.103 e. The van der Waals surface area contributed by atoms with Crippen LogP contribution in [0.3, 0.4) is 0 Å². The molecule has 3 heterocycles. The van der Waals surface area contributed by atoms with Crippen molar-refractivity contribution < 1.29 is 0 Å². The third kappa shape index (κ3) is 4.49. The van der Waals surface area contributed by atoms with Crippen LogP contribution in [-0.2, 0) is 0 Å². The van der Waals surface area contributed by atoms with E-state index in [1.54, 1.807) is 6.07 Å². The molecule has 0 N–H and O–H groups in total. The Balaban J connectivity index is 1.34. The molecule has 0 saturated carbocycles. The number of nitriles is 3. The van der Waals surface area contributed by atoms with E-state index in [4.69, 9.17) is 0 Å². The van der Waals surface area contributed by atoms with Crippen LogP contribution in [0.4, 0.5) is 0 Å². The molecular formula is C51H28N6. The predicted octanol–water partition coefficient (Wildman–Crippen LogP) is 12.3. The number of rotatable bonds is 4. The normalized spacial score (nSPS) is 11.5. The maximum Gasteiger partial charge on any atom is 0.103 e. The highest BCUT2D eigenvalue weighted by atomic mass is 15.1. The Morgan fingerprint density at radius 3 is 1.44 bits per heavy atom. The number of aromatic nitrogens is 3. The molecule has 262 valence electrons. The molecule has 0 bridgehead atoms. The number of fused-ring (bicyclic) bond motifs is 10. The average molecular weight is 725 g/mol. The monoisotopic (exact) mass is 724 g/mol. The molecule has 0 saturated heterocycles. The molecule has 0 spiro atoms. The van der Waals surface area contributed by atoms with Gasteiger partial charge in [-0.05, 0) is 60.7 Å². The van der Waals surface area contributed by atoms with Crippen LogP contribution in [0.5, 0.6) is 0 Å². The van der Waals surface area contributed by atoms with Crippen LogP contribution >= 0.6 is 0 Å². The summed E-state index contributed by atoms with van der Waals surface area (Å²) >= 11 is 0. The van der Waals surface area contributed by atoms with Crippen molar-refractivity contribution in [2.75, 3.05) is 0 Å². The molecule has 0 unspecified atom stereocenters. The van der Waals surface area contributed by atoms with Gasteiger partial charge in [0.2, 0.25) is 0 Å². The molecule has 11 rings (SSSR count). The second-order valence-corrected chi connectivity index (χ2v) is 14.2. The number of para-hydroxylation sites is 5. The van der Waals surface area contributed by atoms with E-state index in [-0.39, 0.29) is 11.1 Å². The Bertz CT molecular complexity index is 3560. The van der Waals surface area contributed by atoms with Gasteiger partial charge >= 0.3 is 0 Å². The minimum absolute atomic E-state index is 0.267. The molecular weight excluding hydrogens is 697 g/mol. The van der Waals surface area contributed by atoms with Crippen LogP contribution < -0.4 is 0 Å². The second-order valence-electron chi connectivity index (χ2n) is 14.2. The predicted molar refractivity (Wildman–Crippen MR) is 229 cm³/mol. The van der Waals surface area contributed by atoms with E-state index in [0.717, 1.165) is 87.9 Å². The third-order valence-electron chi connectivity index (χ3n) is 11.4. The van der Waals surface area contributed by atoms with E-state index in [2.05, 4.69) is 141 Å². The number of nitrogens with zero attached hydrogens (tertiary/aromatic N) is 6. The lowest BCUT2D eigenvalue weighted by Crippen LogP contribution is -2.06. The molecule has 6 nitrogen and oxygen atoms in total. The highest BCUT2D eigenvalue weighted by Crippen LogP contribution is 2.45. The molecule has 57 heavy (non-hydrogen) atoms. The largest absolute Gasteiger partial charge is 0.307 e. The van der Waals surface area contributed by atoms with Gasteiger partial charge in [0.15, 0.2) is 0 Å². The van der Waals surface area contributed by atoms with Gasteiger partial charge in [0.1, 0.15) is 12.1 Å². The minimum Gasteiger partial charge on any atom is -0.307 e. The molecule has 0 fully saturated rings. The van der Waals surface area contributed by atoms with Crippen LogP contribution in [0.25, 0.3) is 93.6 Å². The maximum atomic E-state index is 10.9. The minimum atomic E-state index is 0.267. The summed E-state index contributed by atoms with van der Waals surface area (Å²) in [4.78, 5) is 0. The molecule has 0 aliphatic rings. The van der Waals surface area contributed by atoms with Crippen molar-refractivity contribution in [3.63, 3.8) is 0 Å². The van der Waals surface area contributed by atoms with Gasteiger partial charge in [-0.2, -0.15) is 15.8 Å². The molecule has 0 aliphatic heterocycles. The van der Waals surface area contributed by atoms with Crippen molar-refractivity contribution in [2.45, 2.75) is 0 Å². The van der Waals surface area contributed by atoms with Crippen LogP contribution in [0.1, 0.15) is 16.7 Å². The summed E-state index contributed by atoms with van der Waals surface area (Å²) in [5, 5.41) is 38.3. The lowest BCUT2D eigenvalue weighted by Gasteiger charge is -2.20. The van der Waals surface area contributed by atoms with Gasteiger partial charge in [0, 0.05) is 49.1 Å². The molecule has 0 aliphatic carbocycles. The van der Waals surface area contributed by atoms with Crippen molar-refractivity contribution in [1.82, 2.24) is 13.7 Å². The fraction of sp³-hybridized carbons (Fsp3) is 0. The van der Waals surface area contributed by atoms with Gasteiger partial charge in [-0.15, -0.1) is 0 Å². The van der Waals surface area contributed by atoms with Crippen LogP contribution in [-0.4, -0.2) is 13.7 Å². The summed E-state index contributed by atoms with van der Waals surface area (Å²) in [5.41, 5.74) is 11.0. The first-order valence-electron chi connectivity index (χ1n) is 18.7. The Kier molecular flexibility index (Phi) is 6.95. The van der Waals surface area contributed by atoms with E-state index in [1.165, 1.54) is 0 Å². The van der Waals surface area contributed by atoms with Crippen molar-refractivity contribution in [3.05, 3.63) is 187 Å². The van der Waals surface area contributed by atoms with Crippen molar-refractivity contribution in [1.29, 1.82) is 15.8 Å². The second kappa shape index (κ2) is 12.3. The summed E-state index contributed by atoms with van der Waals surface area (Å²) in [6.07, 6.45) is 0. The fourth-order valence-electron chi connectivity index (χ4n) is 9.02. The van der Waals surface area contributed by atoms with Crippen molar-refractivity contribution >= 4 is 65.4 Å². The van der Waals surface area contributed by atoms with Crippen LogP contribution in [0.2, 0.25) is 0 Å². The zero-order valence-electron chi connectivity index (χ0n) is 30.3. The first-order valence-corrected chi connectivity index (χ1v) is 18.7. The first kappa shape index (κ1) is 32.1. The number of hydrogen-bond acceptors (Lipinski definition) is 3. The zero-order chi connectivity index (χ0) is 38.2. The SMILES string of the molecule is N#Cc1ccc(-n2c3ccccc3c3ccc4c5ccccc5n(-c5ccccc5)c4c32)c(-c2ccc(C#N)c(C#N)c2-n2c3ccccc3c3ccccc32)c1. The van der Waals surface area contributed by atoms with Gasteiger partial charge in [0.25, 0.3) is 0 Å². The molecule has 11 aromatic rings. The van der Waals surface area contributed by atoms with Gasteiger partial charge < -0.3 is 13.7 Å². The summed E-state index contributed by atoms with van der Waals surface area (Å²) < 4.78 is 6.78. The number of hydrogen-bond donors (Lipinski definition) is 0. The molecule has 0 atom stereocenters. The summed E-state index contributed by atoms with van der Waals surface area (Å²) in [5.74, 6) is 0. The average Bonchev–Trinajstić information content (AvgIpc) is 3.92. The van der Waals surface area contributed by atoms with Gasteiger partial charge in [-0.25, -0.2) is 0 Å². The van der Waals surface area contributed by atoms with Gasteiger partial charge in [0.05, 0.1) is 67.2 Å². The topological polar surface area (TPSA) is 86.2 Å². The molecule has 6 heteroatoms. The summed E-state index contributed by atoms with van der Waals surface area (Å²) in [6, 6.07) is 64.8. The molecule has 8 aromatic carbocycles. The Labute approximate surface area is 326 Å². The zero-order valence-corrected chi connectivity index (χ0v) is 30.3. The maximum absolute atomic E-state index is 10.9. The van der Waals surface area contributed by atoms with E-state index < -0.39 is 0 Å². The van der Waals surface area contributed by atoms with Gasteiger partial charge in [-0.3, -0.25) is 0 Å². The standard InChI is InChI=1S/C51H28N6/c52-29-32-22-27-48(42(28-32)41-24-23-33(30-53)43(31-54)49(41)56-45-19-9-4-14-35(45)36-15-5-10-20-46(36)56)57-47-21-11-7-17-38(47)40-26-25-39-37-16-6-8-18-44(37)55(50(39)51(40)57)34-12-2-1-3-13-34/h1-28H. The Morgan fingerprint density at radius 1 is 0.368 bits per heavy atom. The fourth-order valence-corrected chi connectivity index (χ4v) is 9.02. The first-order chi connectivity index (χ1) is 28.2. The number of benzene rings is 8. The molecule has 0 amide bonds. The summed E-state index contributed by atoms with van der Waals surface area (Å²) in [6.45, 7) is 0. The Hall–Kier alpha value is -8.37. The third-order valence-corrected chi connectivity index (χ3v) is 11.4. The lowest BCUT2D eigenvalue weighted by atomic mass is 9.94. The quantitative estimate of drug-likeness (QED) is 0.181. The van der Waals surface area contributed by atoms with Crippen LogP contribution in [0, 0.1) is 34.0 Å². The Morgan fingerprint density at radius 2 is 0.877 bits per heavy atom. The lowest BCUT2D eigenvalue weighted by molar-refractivity contribution is 1.14. The molecule has 0 radical (unpaired) electrons. The van der Waals surface area contributed by atoms with E-state index in [9.17, 15) is 15.8 Å². The molecule has 3 aromatic heterocycles. The van der Waals surface area contributed by atoms with E-state index in [0.29, 0.717) is 11.3 Å². The summed E-state index contributed by atoms with van der Waals surface area (Å²) in [7, 11) is 0. The van der Waals surface area contributed by atoms with E-state index >= 15 is 0 Å². The van der Waals surface area contributed by atoms with Crippen molar-refractivity contribution in [2.24, 2.45) is 0 Å². The van der Waals surface area contributed by atoms with Gasteiger partial charge in [-0.1, -0.05) is 109 Å². The van der Waals surface area contributed by atoms with Crippen molar-refractivity contribution in [3.8, 4) is 46.4 Å².